The molecule has 0 bridgehead atoms. The summed E-state index contributed by atoms with van der Waals surface area (Å²) in [6.45, 7) is 9.26. The molecular formula is C32H40BrN3O5S. The normalized spacial score (nSPS) is 12.7. The van der Waals surface area contributed by atoms with Gasteiger partial charge in [0.25, 0.3) is 10.0 Å². The van der Waals surface area contributed by atoms with Crippen molar-refractivity contribution in [3.8, 4) is 5.75 Å². The number of methoxy groups -OCH3 is 1. The molecule has 0 aromatic heterocycles. The zero-order valence-corrected chi connectivity index (χ0v) is 27.5. The molecule has 0 aliphatic carbocycles. The highest BCUT2D eigenvalue weighted by Gasteiger charge is 2.34. The Balaban J connectivity index is 2.08. The van der Waals surface area contributed by atoms with Gasteiger partial charge in [-0.3, -0.25) is 13.9 Å². The first-order chi connectivity index (χ1) is 19.9. The van der Waals surface area contributed by atoms with Crippen molar-refractivity contribution in [2.75, 3.05) is 18.0 Å². The van der Waals surface area contributed by atoms with Gasteiger partial charge in [-0.05, 0) is 85.4 Å². The van der Waals surface area contributed by atoms with Crippen molar-refractivity contribution in [1.29, 1.82) is 0 Å². The lowest BCUT2D eigenvalue weighted by Crippen LogP contribution is -2.53. The van der Waals surface area contributed by atoms with E-state index in [1.807, 2.05) is 58.9 Å². The average Bonchev–Trinajstić information content (AvgIpc) is 2.96. The topological polar surface area (TPSA) is 96.0 Å². The van der Waals surface area contributed by atoms with Gasteiger partial charge < -0.3 is 15.0 Å². The van der Waals surface area contributed by atoms with Crippen LogP contribution in [0.25, 0.3) is 0 Å². The quantitative estimate of drug-likeness (QED) is 0.244. The fourth-order valence-corrected chi connectivity index (χ4v) is 6.68. The monoisotopic (exact) mass is 657 g/mol. The van der Waals surface area contributed by atoms with Crippen molar-refractivity contribution in [2.45, 2.75) is 71.0 Å². The molecule has 42 heavy (non-hydrogen) atoms. The Morgan fingerprint density at radius 2 is 1.64 bits per heavy atom. The number of carbonyl (C=O) groups is 2. The lowest BCUT2D eigenvalue weighted by Gasteiger charge is -2.34. The van der Waals surface area contributed by atoms with E-state index in [1.165, 1.54) is 24.1 Å². The predicted molar refractivity (Wildman–Crippen MR) is 170 cm³/mol. The van der Waals surface area contributed by atoms with Crippen LogP contribution in [-0.2, 0) is 26.2 Å². The number of hydrogen-bond acceptors (Lipinski definition) is 5. The summed E-state index contributed by atoms with van der Waals surface area (Å²) in [6, 6.07) is 18.3. The molecule has 0 saturated heterocycles. The number of amides is 2. The number of benzene rings is 3. The lowest BCUT2D eigenvalue weighted by molar-refractivity contribution is -0.140. The third-order valence-corrected chi connectivity index (χ3v) is 9.52. The minimum atomic E-state index is -4.20. The maximum atomic E-state index is 14.2. The summed E-state index contributed by atoms with van der Waals surface area (Å²) in [5, 5.41) is 3.00. The number of rotatable bonds is 13. The number of nitrogens with one attached hydrogen (secondary N) is 1. The molecule has 2 atom stereocenters. The number of sulfonamides is 1. The molecule has 0 fully saturated rings. The minimum Gasteiger partial charge on any atom is -0.496 e. The highest BCUT2D eigenvalue weighted by atomic mass is 79.9. The second-order valence-corrected chi connectivity index (χ2v) is 13.1. The van der Waals surface area contributed by atoms with Crippen molar-refractivity contribution in [3.63, 3.8) is 0 Å². The molecule has 2 amide bonds. The number of aryl methyl sites for hydroxylation is 2. The van der Waals surface area contributed by atoms with E-state index in [0.717, 1.165) is 27.4 Å². The van der Waals surface area contributed by atoms with Crippen LogP contribution < -0.4 is 14.4 Å². The van der Waals surface area contributed by atoms with Crippen LogP contribution >= 0.6 is 15.9 Å². The third kappa shape index (κ3) is 8.13. The van der Waals surface area contributed by atoms with Crippen LogP contribution in [0.5, 0.6) is 5.75 Å². The highest BCUT2D eigenvalue weighted by Crippen LogP contribution is 2.31. The van der Waals surface area contributed by atoms with Gasteiger partial charge in [0.15, 0.2) is 0 Å². The van der Waals surface area contributed by atoms with Crippen molar-refractivity contribution >= 4 is 43.5 Å². The van der Waals surface area contributed by atoms with E-state index in [-0.39, 0.29) is 23.4 Å². The Hall–Kier alpha value is -3.37. The number of anilines is 1. The number of hydrogen-bond donors (Lipinski definition) is 1. The molecule has 0 radical (unpaired) electrons. The molecular weight excluding hydrogens is 618 g/mol. The number of carbonyl (C=O) groups excluding carboxylic acids is 2. The second-order valence-electron chi connectivity index (χ2n) is 10.4. The molecule has 3 rings (SSSR count). The number of nitrogens with zero attached hydrogens (tertiary/aromatic N) is 2. The third-order valence-electron chi connectivity index (χ3n) is 7.13. The predicted octanol–water partition coefficient (Wildman–Crippen LogP) is 5.99. The summed E-state index contributed by atoms with van der Waals surface area (Å²) in [7, 11) is -2.70. The summed E-state index contributed by atoms with van der Waals surface area (Å²) in [5.41, 5.74) is 3.16. The van der Waals surface area contributed by atoms with Crippen molar-refractivity contribution < 1.29 is 22.7 Å². The molecule has 226 valence electrons. The van der Waals surface area contributed by atoms with E-state index in [9.17, 15) is 18.0 Å². The van der Waals surface area contributed by atoms with Crippen LogP contribution in [0.15, 0.2) is 76.1 Å². The van der Waals surface area contributed by atoms with Gasteiger partial charge in [0.05, 0.1) is 22.2 Å². The van der Waals surface area contributed by atoms with Crippen LogP contribution in [0.2, 0.25) is 0 Å². The summed E-state index contributed by atoms with van der Waals surface area (Å²) in [6.07, 6.45) is 1.10. The first-order valence-electron chi connectivity index (χ1n) is 14.0. The minimum absolute atomic E-state index is 0.00432. The van der Waals surface area contributed by atoms with E-state index >= 15 is 0 Å². The molecule has 3 aromatic carbocycles. The van der Waals surface area contributed by atoms with Gasteiger partial charge in [-0.15, -0.1) is 0 Å². The van der Waals surface area contributed by atoms with Crippen molar-refractivity contribution in [1.82, 2.24) is 10.2 Å². The van der Waals surface area contributed by atoms with E-state index in [2.05, 4.69) is 21.2 Å². The first kappa shape index (κ1) is 33.1. The van der Waals surface area contributed by atoms with Crippen LogP contribution in [0, 0.1) is 13.8 Å². The number of halogens is 1. The zero-order valence-electron chi connectivity index (χ0n) is 25.1. The smallest absolute Gasteiger partial charge is 0.264 e. The fourth-order valence-electron chi connectivity index (χ4n) is 4.54. The average molecular weight is 659 g/mol. The SMILES string of the molecule is CC[C@@H](C)NC(=O)[C@@H](CC)N(Cc1cccc(C)c1)C(=O)CN(c1ccc(C)cc1)S(=O)(=O)c1ccc(OC)c(Br)c1. The maximum Gasteiger partial charge on any atom is 0.264 e. The summed E-state index contributed by atoms with van der Waals surface area (Å²) >= 11 is 3.37. The Morgan fingerprint density at radius 1 is 0.952 bits per heavy atom. The molecule has 0 heterocycles. The molecule has 10 heteroatoms. The summed E-state index contributed by atoms with van der Waals surface area (Å²) < 4.78 is 35.0. The van der Waals surface area contributed by atoms with Gasteiger partial charge in [-0.1, -0.05) is 61.4 Å². The molecule has 0 aliphatic heterocycles. The van der Waals surface area contributed by atoms with Gasteiger partial charge in [-0.25, -0.2) is 8.42 Å². The van der Waals surface area contributed by atoms with Gasteiger partial charge in [0.1, 0.15) is 18.3 Å². The van der Waals surface area contributed by atoms with E-state index < -0.39 is 28.5 Å². The molecule has 0 saturated carbocycles. The van der Waals surface area contributed by atoms with Crippen LogP contribution in [0.3, 0.4) is 0 Å². The Bertz CT molecular complexity index is 1490. The molecule has 0 aliphatic rings. The Labute approximate surface area is 258 Å². The molecule has 0 unspecified atom stereocenters. The molecule has 1 N–H and O–H groups in total. The van der Waals surface area contributed by atoms with Gasteiger partial charge in [-0.2, -0.15) is 0 Å². The van der Waals surface area contributed by atoms with Gasteiger partial charge >= 0.3 is 0 Å². The standard InChI is InChI=1S/C32H40BrN3O5S/c1-7-24(5)34-32(38)29(8-2)35(20-25-11-9-10-23(4)18-25)31(37)21-36(26-14-12-22(3)13-15-26)42(39,40)27-16-17-30(41-6)28(33)19-27/h9-19,24,29H,7-8,20-21H2,1-6H3,(H,34,38)/t24-,29-/m1/s1. The van der Waals surface area contributed by atoms with E-state index in [4.69, 9.17) is 4.74 Å². The van der Waals surface area contributed by atoms with E-state index in [0.29, 0.717) is 22.3 Å². The van der Waals surface area contributed by atoms with Gasteiger partial charge in [0.2, 0.25) is 11.8 Å². The maximum absolute atomic E-state index is 14.2. The van der Waals surface area contributed by atoms with Crippen LogP contribution in [-0.4, -0.2) is 50.9 Å². The largest absolute Gasteiger partial charge is 0.496 e. The first-order valence-corrected chi connectivity index (χ1v) is 16.2. The van der Waals surface area contributed by atoms with E-state index in [1.54, 1.807) is 30.3 Å². The molecule has 3 aromatic rings. The Morgan fingerprint density at radius 3 is 2.21 bits per heavy atom. The zero-order chi connectivity index (χ0) is 31.0. The molecule has 0 spiro atoms. The van der Waals surface area contributed by atoms with Crippen LogP contribution in [0.4, 0.5) is 5.69 Å². The number of ether oxygens (including phenoxy) is 1. The fraction of sp³-hybridized carbons (Fsp3) is 0.375. The van der Waals surface area contributed by atoms with Crippen molar-refractivity contribution in [2.24, 2.45) is 0 Å². The summed E-state index contributed by atoms with van der Waals surface area (Å²) in [5.74, 6) is -0.273. The highest BCUT2D eigenvalue weighted by molar-refractivity contribution is 9.10. The second kappa shape index (κ2) is 14.7. The Kier molecular flexibility index (Phi) is 11.6. The lowest BCUT2D eigenvalue weighted by atomic mass is 10.1. The van der Waals surface area contributed by atoms with Gasteiger partial charge in [0, 0.05) is 12.6 Å². The van der Waals surface area contributed by atoms with Crippen molar-refractivity contribution in [3.05, 3.63) is 87.9 Å². The van der Waals surface area contributed by atoms with Crippen LogP contribution in [0.1, 0.15) is 50.3 Å². The molecule has 8 nitrogen and oxygen atoms in total. The summed E-state index contributed by atoms with van der Waals surface area (Å²) in [4.78, 5) is 29.1.